The van der Waals surface area contributed by atoms with E-state index < -0.39 is 5.82 Å². The first kappa shape index (κ1) is 17.6. The van der Waals surface area contributed by atoms with Gasteiger partial charge in [-0.15, -0.1) is 0 Å². The number of nitrogens with one attached hydrogen (secondary N) is 1. The Morgan fingerprint density at radius 1 is 1.32 bits per heavy atom. The second-order valence-electron chi connectivity index (χ2n) is 5.99. The lowest BCUT2D eigenvalue weighted by molar-refractivity contribution is 0.0713. The lowest BCUT2D eigenvalue weighted by Gasteiger charge is -2.33. The molecule has 2 heterocycles. The number of nitrogens with zero attached hydrogens (tertiary/aromatic N) is 3. The average Bonchev–Trinajstić information content (AvgIpc) is 2.63. The van der Waals surface area contributed by atoms with E-state index in [-0.39, 0.29) is 23.1 Å². The van der Waals surface area contributed by atoms with Gasteiger partial charge < -0.3 is 10.2 Å². The summed E-state index contributed by atoms with van der Waals surface area (Å²) in [6, 6.07) is 6.14. The number of halogens is 2. The van der Waals surface area contributed by atoms with Crippen LogP contribution in [0.4, 0.5) is 10.1 Å². The van der Waals surface area contributed by atoms with Gasteiger partial charge in [-0.3, -0.25) is 9.59 Å². The number of rotatable bonds is 3. The number of amides is 1. The third kappa shape index (κ3) is 3.73. The number of likely N-dealkylation sites (tertiary alicyclic amines) is 1. The number of aryl methyl sites for hydroxylation is 1. The maximum absolute atomic E-state index is 13.8. The molecule has 0 saturated carbocycles. The summed E-state index contributed by atoms with van der Waals surface area (Å²) in [5.74, 6) is -0.782. The summed E-state index contributed by atoms with van der Waals surface area (Å²) in [4.78, 5) is 26.0. The van der Waals surface area contributed by atoms with E-state index in [0.29, 0.717) is 36.1 Å². The summed E-state index contributed by atoms with van der Waals surface area (Å²) < 4.78 is 15.5. The van der Waals surface area contributed by atoms with E-state index in [9.17, 15) is 14.0 Å². The molecule has 1 amide bonds. The van der Waals surface area contributed by atoms with Crippen LogP contribution in [-0.4, -0.2) is 39.7 Å². The predicted molar refractivity (Wildman–Crippen MR) is 96.1 cm³/mol. The van der Waals surface area contributed by atoms with Crippen molar-refractivity contribution in [2.75, 3.05) is 18.4 Å². The molecule has 8 heteroatoms. The second kappa shape index (κ2) is 7.35. The van der Waals surface area contributed by atoms with Crippen molar-refractivity contribution in [1.82, 2.24) is 14.7 Å². The van der Waals surface area contributed by atoms with Crippen molar-refractivity contribution in [2.45, 2.75) is 18.9 Å². The number of anilines is 1. The lowest BCUT2D eigenvalue weighted by atomic mass is 10.0. The van der Waals surface area contributed by atoms with Crippen LogP contribution in [0.3, 0.4) is 0 Å². The molecule has 1 fully saturated rings. The monoisotopic (exact) mass is 408 g/mol. The molecule has 0 bridgehead atoms. The van der Waals surface area contributed by atoms with E-state index in [2.05, 4.69) is 26.3 Å². The summed E-state index contributed by atoms with van der Waals surface area (Å²) in [5, 5.41) is 7.30. The van der Waals surface area contributed by atoms with Gasteiger partial charge in [0, 0.05) is 26.2 Å². The Morgan fingerprint density at radius 3 is 2.68 bits per heavy atom. The molecule has 3 rings (SSSR count). The minimum atomic E-state index is -0.497. The van der Waals surface area contributed by atoms with Gasteiger partial charge in [0.15, 0.2) is 0 Å². The average molecular weight is 409 g/mol. The van der Waals surface area contributed by atoms with Gasteiger partial charge in [-0.1, -0.05) is 12.1 Å². The summed E-state index contributed by atoms with van der Waals surface area (Å²) in [6.07, 6.45) is 3.02. The van der Waals surface area contributed by atoms with Crippen LogP contribution in [0.1, 0.15) is 23.2 Å². The molecule has 1 aromatic carbocycles. The van der Waals surface area contributed by atoms with E-state index in [1.807, 2.05) is 0 Å². The lowest BCUT2D eigenvalue weighted by Crippen LogP contribution is -2.42. The fraction of sp³-hybridized carbons (Fsp3) is 0.353. The Labute approximate surface area is 152 Å². The van der Waals surface area contributed by atoms with E-state index in [0.717, 1.165) is 0 Å². The molecule has 0 atom stereocenters. The predicted octanol–water partition coefficient (Wildman–Crippen LogP) is 2.40. The number of benzene rings is 1. The highest BCUT2D eigenvalue weighted by Gasteiger charge is 2.25. The minimum absolute atomic E-state index is 0.104. The Morgan fingerprint density at radius 2 is 2.00 bits per heavy atom. The number of carbonyl (C=O) groups excluding carboxylic acids is 1. The van der Waals surface area contributed by atoms with Gasteiger partial charge in [0.2, 0.25) is 0 Å². The number of hydrogen-bond donors (Lipinski definition) is 1. The molecule has 6 nitrogen and oxygen atoms in total. The Kier molecular flexibility index (Phi) is 5.17. The third-order valence-electron chi connectivity index (χ3n) is 4.32. The van der Waals surface area contributed by atoms with Gasteiger partial charge in [-0.05, 0) is 40.9 Å². The zero-order valence-corrected chi connectivity index (χ0v) is 15.3. The van der Waals surface area contributed by atoms with Crippen molar-refractivity contribution < 1.29 is 9.18 Å². The first-order chi connectivity index (χ1) is 12.0. The van der Waals surface area contributed by atoms with Crippen molar-refractivity contribution in [1.29, 1.82) is 0 Å². The minimum Gasteiger partial charge on any atom is -0.380 e. The summed E-state index contributed by atoms with van der Waals surface area (Å²) in [7, 11) is 1.59. The van der Waals surface area contributed by atoms with E-state index in [4.69, 9.17) is 0 Å². The third-order valence-corrected chi connectivity index (χ3v) is 5.09. The maximum atomic E-state index is 13.8. The van der Waals surface area contributed by atoms with Crippen LogP contribution < -0.4 is 10.9 Å². The Hall–Kier alpha value is -2.22. The highest BCUT2D eigenvalue weighted by atomic mass is 79.9. The quantitative estimate of drug-likeness (QED) is 0.846. The first-order valence-electron chi connectivity index (χ1n) is 7.99. The fourth-order valence-corrected chi connectivity index (χ4v) is 3.34. The molecule has 0 radical (unpaired) electrons. The number of carbonyl (C=O) groups is 1. The standard InChI is InChI=1S/C17H18BrFN4O2/c1-22-17(25)15(18)14(10-20-22)21-11-6-8-23(9-7-11)16(24)12-4-2-3-5-13(12)19/h2-5,10-11,21H,6-9H2,1H3. The molecule has 1 N–H and O–H groups in total. The van der Waals surface area contributed by atoms with Crippen molar-refractivity contribution in [2.24, 2.45) is 7.05 Å². The summed E-state index contributed by atoms with van der Waals surface area (Å²) in [5.41, 5.74) is 0.534. The molecule has 1 aromatic heterocycles. The summed E-state index contributed by atoms with van der Waals surface area (Å²) >= 11 is 3.29. The molecule has 0 aliphatic carbocycles. The van der Waals surface area contributed by atoms with Crippen LogP contribution in [-0.2, 0) is 7.05 Å². The number of aromatic nitrogens is 2. The Balaban J connectivity index is 1.63. The first-order valence-corrected chi connectivity index (χ1v) is 8.79. The molecule has 2 aromatic rings. The van der Waals surface area contributed by atoms with Crippen LogP contribution >= 0.6 is 15.9 Å². The van der Waals surface area contributed by atoms with Crippen molar-refractivity contribution in [3.8, 4) is 0 Å². The van der Waals surface area contributed by atoms with Crippen LogP contribution in [0.15, 0.2) is 39.7 Å². The van der Waals surface area contributed by atoms with E-state index in [1.165, 1.54) is 16.8 Å². The van der Waals surface area contributed by atoms with Gasteiger partial charge in [0.25, 0.3) is 11.5 Å². The van der Waals surface area contributed by atoms with Crippen molar-refractivity contribution >= 4 is 27.5 Å². The zero-order valence-electron chi connectivity index (χ0n) is 13.7. The molecule has 1 aliphatic rings. The highest BCUT2D eigenvalue weighted by Crippen LogP contribution is 2.22. The molecule has 1 saturated heterocycles. The van der Waals surface area contributed by atoms with E-state index >= 15 is 0 Å². The van der Waals surface area contributed by atoms with Gasteiger partial charge >= 0.3 is 0 Å². The van der Waals surface area contributed by atoms with Gasteiger partial charge in [0.05, 0.1) is 17.4 Å². The van der Waals surface area contributed by atoms with Gasteiger partial charge in [-0.2, -0.15) is 5.10 Å². The molecular formula is C17H18BrFN4O2. The van der Waals surface area contributed by atoms with Crippen LogP contribution in [0.2, 0.25) is 0 Å². The highest BCUT2D eigenvalue weighted by molar-refractivity contribution is 9.10. The van der Waals surface area contributed by atoms with Crippen molar-refractivity contribution in [3.63, 3.8) is 0 Å². The van der Waals surface area contributed by atoms with Crippen LogP contribution in [0.25, 0.3) is 0 Å². The molecular weight excluding hydrogens is 391 g/mol. The van der Waals surface area contributed by atoms with Crippen LogP contribution in [0, 0.1) is 5.82 Å². The molecule has 0 spiro atoms. The van der Waals surface area contributed by atoms with Gasteiger partial charge in [-0.25, -0.2) is 9.07 Å². The second-order valence-corrected chi connectivity index (χ2v) is 6.78. The Bertz CT molecular complexity index is 847. The SMILES string of the molecule is Cn1ncc(NC2CCN(C(=O)c3ccccc3F)CC2)c(Br)c1=O. The maximum Gasteiger partial charge on any atom is 0.282 e. The number of hydrogen-bond acceptors (Lipinski definition) is 4. The molecule has 0 unspecified atom stereocenters. The molecule has 25 heavy (non-hydrogen) atoms. The fourth-order valence-electron chi connectivity index (χ4n) is 2.86. The normalized spacial score (nSPS) is 15.2. The summed E-state index contributed by atoms with van der Waals surface area (Å²) in [6.45, 7) is 1.06. The number of piperidine rings is 1. The topological polar surface area (TPSA) is 67.2 Å². The zero-order chi connectivity index (χ0) is 18.0. The smallest absolute Gasteiger partial charge is 0.282 e. The van der Waals surface area contributed by atoms with Crippen molar-refractivity contribution in [3.05, 3.63) is 56.7 Å². The molecule has 1 aliphatic heterocycles. The van der Waals surface area contributed by atoms with E-state index in [1.54, 1.807) is 30.3 Å². The largest absolute Gasteiger partial charge is 0.380 e. The van der Waals surface area contributed by atoms with Gasteiger partial charge in [0.1, 0.15) is 10.3 Å². The van der Waals surface area contributed by atoms with Crippen LogP contribution in [0.5, 0.6) is 0 Å². The molecule has 132 valence electrons.